The number of benzene rings is 2. The van der Waals surface area contributed by atoms with Gasteiger partial charge in [0.05, 0.1) is 23.1 Å². The van der Waals surface area contributed by atoms with Crippen LogP contribution in [-0.4, -0.2) is 56.7 Å². The van der Waals surface area contributed by atoms with Crippen molar-refractivity contribution in [2.45, 2.75) is 57.5 Å². The summed E-state index contributed by atoms with van der Waals surface area (Å²) < 4.78 is 2.29. The molecule has 0 atom stereocenters. The number of piperidine rings is 1. The summed E-state index contributed by atoms with van der Waals surface area (Å²) in [5.74, 6) is 1.07. The number of nitrogens with zero attached hydrogens (tertiary/aromatic N) is 4. The first kappa shape index (κ1) is 24.7. The second-order valence-corrected chi connectivity index (χ2v) is 11.0. The van der Waals surface area contributed by atoms with Crippen LogP contribution in [0.5, 0.6) is 0 Å². The van der Waals surface area contributed by atoms with Crippen molar-refractivity contribution in [1.82, 2.24) is 24.6 Å². The number of rotatable bonds is 7. The van der Waals surface area contributed by atoms with E-state index >= 15 is 0 Å². The molecular weight excluding hydrogens is 474 g/mol. The van der Waals surface area contributed by atoms with E-state index in [4.69, 9.17) is 0 Å². The average molecular weight is 512 g/mol. The first-order valence-electron chi connectivity index (χ1n) is 14.0. The van der Waals surface area contributed by atoms with Crippen molar-refractivity contribution in [3.8, 4) is 11.3 Å². The molecule has 6 rings (SSSR count). The van der Waals surface area contributed by atoms with Gasteiger partial charge in [0.2, 0.25) is 0 Å². The molecule has 2 aromatic carbocycles. The van der Waals surface area contributed by atoms with E-state index in [1.54, 1.807) is 0 Å². The lowest BCUT2D eigenvalue weighted by Crippen LogP contribution is -2.36. The number of hydrogen-bond donors (Lipinski definition) is 3. The molecule has 0 bridgehead atoms. The number of anilines is 2. The molecule has 1 amide bonds. The van der Waals surface area contributed by atoms with Gasteiger partial charge in [0, 0.05) is 35.5 Å². The molecule has 198 valence electrons. The summed E-state index contributed by atoms with van der Waals surface area (Å²) in [6.45, 7) is 3.25. The van der Waals surface area contributed by atoms with E-state index in [1.807, 2.05) is 36.7 Å². The summed E-state index contributed by atoms with van der Waals surface area (Å²) in [4.78, 5) is 19.8. The largest absolute Gasteiger partial charge is 0.382 e. The second-order valence-electron chi connectivity index (χ2n) is 11.0. The standard InChI is InChI=1S/C30H37N7O/c1-36-15-13-25(14-16-36)32-24-10-7-22(8-11-24)30(38)33-29-18-27(34-35-29)23-9-12-26-28(17-23)37(20-31-26)19-21-5-3-2-4-6-21/h7-12,17-18,20-21,25,32H,2-6,13-16,19H2,1H3,(H2,33,34,35,38). The van der Waals surface area contributed by atoms with E-state index in [-0.39, 0.29) is 5.91 Å². The fourth-order valence-corrected chi connectivity index (χ4v) is 5.85. The molecule has 1 saturated heterocycles. The Morgan fingerprint density at radius 3 is 2.58 bits per heavy atom. The van der Waals surface area contributed by atoms with Gasteiger partial charge in [0.1, 0.15) is 0 Å². The van der Waals surface area contributed by atoms with Crippen molar-refractivity contribution in [3.05, 3.63) is 60.4 Å². The minimum Gasteiger partial charge on any atom is -0.382 e. The summed E-state index contributed by atoms with van der Waals surface area (Å²) in [6.07, 6.45) is 10.9. The van der Waals surface area contributed by atoms with Crippen molar-refractivity contribution in [1.29, 1.82) is 0 Å². The fourth-order valence-electron chi connectivity index (χ4n) is 5.85. The lowest BCUT2D eigenvalue weighted by atomic mass is 9.89. The number of amides is 1. The highest BCUT2D eigenvalue weighted by molar-refractivity contribution is 6.04. The Hall–Kier alpha value is -3.65. The monoisotopic (exact) mass is 511 g/mol. The van der Waals surface area contributed by atoms with Gasteiger partial charge in [-0.2, -0.15) is 5.10 Å². The maximum absolute atomic E-state index is 12.9. The normalized spacial score (nSPS) is 17.6. The van der Waals surface area contributed by atoms with E-state index in [1.165, 1.54) is 32.1 Å². The molecule has 3 heterocycles. The molecule has 1 aliphatic carbocycles. The van der Waals surface area contributed by atoms with Gasteiger partial charge in [-0.25, -0.2) is 4.98 Å². The van der Waals surface area contributed by atoms with Crippen molar-refractivity contribution in [2.24, 2.45) is 5.92 Å². The molecule has 0 radical (unpaired) electrons. The number of hydrogen-bond acceptors (Lipinski definition) is 5. The number of aromatic amines is 1. The molecule has 2 aliphatic rings. The highest BCUT2D eigenvalue weighted by Gasteiger charge is 2.18. The van der Waals surface area contributed by atoms with Crippen LogP contribution < -0.4 is 10.6 Å². The molecule has 0 spiro atoms. The third kappa shape index (κ3) is 5.60. The Morgan fingerprint density at radius 1 is 1.00 bits per heavy atom. The van der Waals surface area contributed by atoms with Crippen molar-refractivity contribution in [2.75, 3.05) is 30.8 Å². The molecule has 8 nitrogen and oxygen atoms in total. The molecule has 2 fully saturated rings. The van der Waals surface area contributed by atoms with Crippen LogP contribution in [0.4, 0.5) is 11.5 Å². The number of fused-ring (bicyclic) bond motifs is 1. The van der Waals surface area contributed by atoms with Crippen molar-refractivity contribution >= 4 is 28.4 Å². The minimum atomic E-state index is -0.171. The lowest BCUT2D eigenvalue weighted by Gasteiger charge is -2.30. The number of carbonyl (C=O) groups excluding carboxylic acids is 1. The Kier molecular flexibility index (Phi) is 7.14. The van der Waals surface area contributed by atoms with Crippen LogP contribution in [0.3, 0.4) is 0 Å². The van der Waals surface area contributed by atoms with E-state index < -0.39 is 0 Å². The van der Waals surface area contributed by atoms with E-state index in [0.29, 0.717) is 17.4 Å². The molecular formula is C30H37N7O. The van der Waals surface area contributed by atoms with Crippen molar-refractivity contribution in [3.63, 3.8) is 0 Å². The summed E-state index contributed by atoms with van der Waals surface area (Å²) >= 11 is 0. The smallest absolute Gasteiger partial charge is 0.256 e. The molecule has 3 N–H and O–H groups in total. The number of nitrogens with one attached hydrogen (secondary N) is 3. The summed E-state index contributed by atoms with van der Waals surface area (Å²) in [7, 11) is 2.17. The summed E-state index contributed by atoms with van der Waals surface area (Å²) in [6, 6.07) is 16.3. The fraction of sp³-hybridized carbons (Fsp3) is 0.433. The predicted molar refractivity (Wildman–Crippen MR) is 152 cm³/mol. The van der Waals surface area contributed by atoms with Gasteiger partial charge in [0.25, 0.3) is 5.91 Å². The van der Waals surface area contributed by atoms with Crippen LogP contribution in [0.25, 0.3) is 22.3 Å². The lowest BCUT2D eigenvalue weighted by molar-refractivity contribution is 0.102. The highest BCUT2D eigenvalue weighted by atomic mass is 16.1. The van der Waals surface area contributed by atoms with Crippen molar-refractivity contribution < 1.29 is 4.79 Å². The zero-order valence-electron chi connectivity index (χ0n) is 22.1. The van der Waals surface area contributed by atoms with Gasteiger partial charge in [-0.3, -0.25) is 9.89 Å². The third-order valence-electron chi connectivity index (χ3n) is 8.17. The SMILES string of the molecule is CN1CCC(Nc2ccc(C(=O)Nc3cc(-c4ccc5ncn(CC6CCCCC6)c5c4)[nH]n3)cc2)CC1. The molecule has 8 heteroatoms. The van der Waals surface area contributed by atoms with E-state index in [9.17, 15) is 4.79 Å². The quantitative estimate of drug-likeness (QED) is 0.293. The first-order chi connectivity index (χ1) is 18.6. The number of aromatic nitrogens is 4. The summed E-state index contributed by atoms with van der Waals surface area (Å²) in [5.41, 5.74) is 5.70. The molecule has 1 aliphatic heterocycles. The van der Waals surface area contributed by atoms with Crippen LogP contribution >= 0.6 is 0 Å². The van der Waals surface area contributed by atoms with E-state index in [2.05, 4.69) is 60.5 Å². The molecule has 0 unspecified atom stereocenters. The van der Waals surface area contributed by atoms with Gasteiger partial charge in [-0.15, -0.1) is 0 Å². The molecule has 2 aromatic heterocycles. The van der Waals surface area contributed by atoms with Gasteiger partial charge in [-0.1, -0.05) is 25.3 Å². The van der Waals surface area contributed by atoms with Gasteiger partial charge in [-0.05, 0) is 88.1 Å². The number of carbonyl (C=O) groups is 1. The Bertz CT molecular complexity index is 1380. The summed E-state index contributed by atoms with van der Waals surface area (Å²) in [5, 5.41) is 14.0. The Morgan fingerprint density at radius 2 is 1.79 bits per heavy atom. The topological polar surface area (TPSA) is 90.9 Å². The molecule has 38 heavy (non-hydrogen) atoms. The van der Waals surface area contributed by atoms with Gasteiger partial charge >= 0.3 is 0 Å². The molecule has 1 saturated carbocycles. The highest BCUT2D eigenvalue weighted by Crippen LogP contribution is 2.28. The van der Waals surface area contributed by atoms with Gasteiger partial charge in [0.15, 0.2) is 5.82 Å². The maximum Gasteiger partial charge on any atom is 0.256 e. The zero-order chi connectivity index (χ0) is 25.9. The minimum absolute atomic E-state index is 0.171. The van der Waals surface area contributed by atoms with Gasteiger partial charge < -0.3 is 20.1 Å². The predicted octanol–water partition coefficient (Wildman–Crippen LogP) is 5.77. The van der Waals surface area contributed by atoms with Crippen LogP contribution in [-0.2, 0) is 6.54 Å². The second kappa shape index (κ2) is 11.0. The third-order valence-corrected chi connectivity index (χ3v) is 8.17. The van der Waals surface area contributed by atoms with Crippen LogP contribution in [0, 0.1) is 5.92 Å². The van der Waals surface area contributed by atoms with Crippen LogP contribution in [0.15, 0.2) is 54.9 Å². The zero-order valence-corrected chi connectivity index (χ0v) is 22.1. The van der Waals surface area contributed by atoms with E-state index in [0.717, 1.165) is 66.4 Å². The first-order valence-corrected chi connectivity index (χ1v) is 14.0. The van der Waals surface area contributed by atoms with Crippen LogP contribution in [0.2, 0.25) is 0 Å². The maximum atomic E-state index is 12.9. The van der Waals surface area contributed by atoms with Crippen LogP contribution in [0.1, 0.15) is 55.3 Å². The number of likely N-dealkylation sites (tertiary alicyclic amines) is 1. The Labute approximate surface area is 223 Å². The number of H-pyrrole nitrogens is 1. The Balaban J connectivity index is 1.10. The average Bonchev–Trinajstić information content (AvgIpc) is 3.58. The number of imidazole rings is 1. The molecule has 4 aromatic rings.